The standard InChI is InChI=1S/C15H23N3O/c16-11-15(8-4-5-9-15)18-14(19)10-13(17)12-6-2-1-3-7-12/h1-3,6-7,13H,4-5,8-11,16-17H2,(H,18,19). The third-order valence-corrected chi connectivity index (χ3v) is 3.99. The molecule has 4 nitrogen and oxygen atoms in total. The molecule has 1 aliphatic rings. The molecule has 1 aliphatic carbocycles. The Hall–Kier alpha value is -1.39. The number of hydrogen-bond donors (Lipinski definition) is 3. The van der Waals surface area contributed by atoms with Crippen molar-refractivity contribution >= 4 is 5.91 Å². The number of hydrogen-bond acceptors (Lipinski definition) is 3. The number of nitrogens with one attached hydrogen (secondary N) is 1. The summed E-state index contributed by atoms with van der Waals surface area (Å²) in [4.78, 5) is 12.1. The molecule has 5 N–H and O–H groups in total. The van der Waals surface area contributed by atoms with Crippen LogP contribution >= 0.6 is 0 Å². The Balaban J connectivity index is 1.91. The molecular formula is C15H23N3O. The fourth-order valence-corrected chi connectivity index (χ4v) is 2.80. The van der Waals surface area contributed by atoms with E-state index in [1.807, 2.05) is 30.3 Å². The molecule has 0 aliphatic heterocycles. The van der Waals surface area contributed by atoms with Gasteiger partial charge in [-0.3, -0.25) is 4.79 Å². The quantitative estimate of drug-likeness (QED) is 0.750. The molecule has 19 heavy (non-hydrogen) atoms. The lowest BCUT2D eigenvalue weighted by atomic mass is 9.96. The maximum absolute atomic E-state index is 12.1. The first-order valence-electron chi connectivity index (χ1n) is 6.97. The van der Waals surface area contributed by atoms with Crippen molar-refractivity contribution in [3.63, 3.8) is 0 Å². The van der Waals surface area contributed by atoms with Crippen LogP contribution in [0.5, 0.6) is 0 Å². The number of rotatable bonds is 5. The summed E-state index contributed by atoms with van der Waals surface area (Å²) in [7, 11) is 0. The molecule has 0 aromatic heterocycles. The minimum atomic E-state index is -0.252. The van der Waals surface area contributed by atoms with E-state index in [0.29, 0.717) is 13.0 Å². The van der Waals surface area contributed by atoms with Crippen molar-refractivity contribution in [1.29, 1.82) is 0 Å². The van der Waals surface area contributed by atoms with Crippen molar-refractivity contribution in [2.45, 2.75) is 43.7 Å². The van der Waals surface area contributed by atoms with Crippen LogP contribution in [0.3, 0.4) is 0 Å². The molecule has 1 unspecified atom stereocenters. The highest BCUT2D eigenvalue weighted by Crippen LogP contribution is 2.29. The van der Waals surface area contributed by atoms with Crippen LogP contribution in [0.25, 0.3) is 0 Å². The summed E-state index contributed by atoms with van der Waals surface area (Å²) in [6.07, 6.45) is 4.56. The average Bonchev–Trinajstić information content (AvgIpc) is 2.88. The van der Waals surface area contributed by atoms with E-state index in [0.717, 1.165) is 31.2 Å². The molecule has 2 rings (SSSR count). The fourth-order valence-electron chi connectivity index (χ4n) is 2.80. The zero-order valence-electron chi connectivity index (χ0n) is 11.3. The van der Waals surface area contributed by atoms with Gasteiger partial charge in [-0.15, -0.1) is 0 Å². The molecular weight excluding hydrogens is 238 g/mol. The molecule has 1 fully saturated rings. The van der Waals surface area contributed by atoms with Gasteiger partial charge in [0, 0.05) is 19.0 Å². The van der Waals surface area contributed by atoms with Crippen LogP contribution in [0.4, 0.5) is 0 Å². The van der Waals surface area contributed by atoms with E-state index in [1.54, 1.807) is 0 Å². The van der Waals surface area contributed by atoms with Crippen LogP contribution < -0.4 is 16.8 Å². The Labute approximate surface area is 114 Å². The van der Waals surface area contributed by atoms with Crippen LogP contribution in [0, 0.1) is 0 Å². The van der Waals surface area contributed by atoms with Crippen LogP contribution in [0.1, 0.15) is 43.7 Å². The largest absolute Gasteiger partial charge is 0.349 e. The van der Waals surface area contributed by atoms with E-state index in [2.05, 4.69) is 5.32 Å². The van der Waals surface area contributed by atoms with Gasteiger partial charge in [-0.25, -0.2) is 0 Å². The van der Waals surface area contributed by atoms with E-state index in [1.165, 1.54) is 0 Å². The molecule has 0 saturated heterocycles. The van der Waals surface area contributed by atoms with E-state index < -0.39 is 0 Å². The van der Waals surface area contributed by atoms with Crippen molar-refractivity contribution in [3.05, 3.63) is 35.9 Å². The lowest BCUT2D eigenvalue weighted by molar-refractivity contribution is -0.123. The Morgan fingerprint density at radius 2 is 1.89 bits per heavy atom. The van der Waals surface area contributed by atoms with Gasteiger partial charge in [-0.2, -0.15) is 0 Å². The van der Waals surface area contributed by atoms with E-state index >= 15 is 0 Å². The Bertz CT molecular complexity index is 413. The monoisotopic (exact) mass is 261 g/mol. The number of amides is 1. The van der Waals surface area contributed by atoms with E-state index in [9.17, 15) is 4.79 Å². The molecule has 0 spiro atoms. The van der Waals surface area contributed by atoms with Gasteiger partial charge in [0.15, 0.2) is 0 Å². The van der Waals surface area contributed by atoms with Crippen molar-refractivity contribution in [2.24, 2.45) is 11.5 Å². The van der Waals surface area contributed by atoms with Gasteiger partial charge in [-0.05, 0) is 18.4 Å². The van der Waals surface area contributed by atoms with Gasteiger partial charge in [-0.1, -0.05) is 43.2 Å². The van der Waals surface area contributed by atoms with Gasteiger partial charge in [0.05, 0.1) is 5.54 Å². The van der Waals surface area contributed by atoms with Crippen molar-refractivity contribution in [2.75, 3.05) is 6.54 Å². The number of carbonyl (C=O) groups excluding carboxylic acids is 1. The average molecular weight is 261 g/mol. The van der Waals surface area contributed by atoms with Crippen LogP contribution in [-0.2, 0) is 4.79 Å². The first kappa shape index (κ1) is 14.0. The summed E-state index contributed by atoms with van der Waals surface area (Å²) in [5.41, 5.74) is 12.7. The molecule has 1 atom stereocenters. The summed E-state index contributed by atoms with van der Waals surface area (Å²) in [5.74, 6) is 0.00343. The highest BCUT2D eigenvalue weighted by atomic mass is 16.1. The van der Waals surface area contributed by atoms with Gasteiger partial charge in [0.1, 0.15) is 0 Å². The molecule has 1 saturated carbocycles. The van der Waals surface area contributed by atoms with E-state index in [4.69, 9.17) is 11.5 Å². The highest BCUT2D eigenvalue weighted by Gasteiger charge is 2.33. The van der Waals surface area contributed by atoms with Crippen LogP contribution in [0.2, 0.25) is 0 Å². The predicted octanol–water partition coefficient (Wildman–Crippen LogP) is 1.46. The topological polar surface area (TPSA) is 81.1 Å². The van der Waals surface area contributed by atoms with Gasteiger partial charge in [0.25, 0.3) is 0 Å². The third-order valence-electron chi connectivity index (χ3n) is 3.99. The minimum absolute atomic E-state index is 0.00343. The van der Waals surface area contributed by atoms with Crippen molar-refractivity contribution in [1.82, 2.24) is 5.32 Å². The Morgan fingerprint density at radius 1 is 1.26 bits per heavy atom. The van der Waals surface area contributed by atoms with Crippen LogP contribution in [-0.4, -0.2) is 18.0 Å². The zero-order chi connectivity index (χ0) is 13.7. The second kappa shape index (κ2) is 6.17. The summed E-state index contributed by atoms with van der Waals surface area (Å²) < 4.78 is 0. The smallest absolute Gasteiger partial charge is 0.222 e. The predicted molar refractivity (Wildman–Crippen MR) is 76.4 cm³/mol. The second-order valence-electron chi connectivity index (χ2n) is 5.46. The lowest BCUT2D eigenvalue weighted by Gasteiger charge is -2.29. The molecule has 1 amide bonds. The highest BCUT2D eigenvalue weighted by molar-refractivity contribution is 5.77. The van der Waals surface area contributed by atoms with Gasteiger partial charge < -0.3 is 16.8 Å². The number of carbonyl (C=O) groups is 1. The molecule has 0 bridgehead atoms. The van der Waals surface area contributed by atoms with Crippen LogP contribution in [0.15, 0.2) is 30.3 Å². The van der Waals surface area contributed by atoms with Crippen molar-refractivity contribution in [3.8, 4) is 0 Å². The summed E-state index contributed by atoms with van der Waals surface area (Å²) in [5, 5.41) is 3.10. The zero-order valence-corrected chi connectivity index (χ0v) is 11.3. The summed E-state index contributed by atoms with van der Waals surface area (Å²) in [6.45, 7) is 0.513. The van der Waals surface area contributed by atoms with Crippen molar-refractivity contribution < 1.29 is 4.79 Å². The molecule has 1 aromatic carbocycles. The Morgan fingerprint density at radius 3 is 2.47 bits per heavy atom. The maximum Gasteiger partial charge on any atom is 0.222 e. The molecule has 104 valence electrons. The first-order valence-corrected chi connectivity index (χ1v) is 6.97. The maximum atomic E-state index is 12.1. The molecule has 0 radical (unpaired) electrons. The Kier molecular flexibility index (Phi) is 4.56. The summed E-state index contributed by atoms with van der Waals surface area (Å²) in [6, 6.07) is 9.46. The normalized spacial score (nSPS) is 19.1. The second-order valence-corrected chi connectivity index (χ2v) is 5.46. The van der Waals surface area contributed by atoms with Gasteiger partial charge in [0.2, 0.25) is 5.91 Å². The lowest BCUT2D eigenvalue weighted by Crippen LogP contribution is -2.52. The molecule has 1 aromatic rings. The fraction of sp³-hybridized carbons (Fsp3) is 0.533. The van der Waals surface area contributed by atoms with E-state index in [-0.39, 0.29) is 17.5 Å². The SMILES string of the molecule is NCC1(NC(=O)CC(N)c2ccccc2)CCCC1. The number of nitrogens with two attached hydrogens (primary N) is 2. The molecule has 4 heteroatoms. The first-order chi connectivity index (χ1) is 9.15. The number of benzene rings is 1. The molecule has 0 heterocycles. The minimum Gasteiger partial charge on any atom is -0.349 e. The third kappa shape index (κ3) is 3.55. The summed E-state index contributed by atoms with van der Waals surface area (Å²) >= 11 is 0. The van der Waals surface area contributed by atoms with Gasteiger partial charge >= 0.3 is 0 Å².